The van der Waals surface area contributed by atoms with Crippen molar-refractivity contribution in [3.63, 3.8) is 0 Å². The summed E-state index contributed by atoms with van der Waals surface area (Å²) in [6.45, 7) is 0.400. The molecule has 26 heavy (non-hydrogen) atoms. The first-order valence-electron chi connectivity index (χ1n) is 8.31. The number of rotatable bonds is 9. The van der Waals surface area contributed by atoms with Gasteiger partial charge in [-0.3, -0.25) is 9.59 Å². The molecule has 6 nitrogen and oxygen atoms in total. The Balaban J connectivity index is 1.97. The van der Waals surface area contributed by atoms with Crippen molar-refractivity contribution in [2.75, 3.05) is 20.8 Å². The highest BCUT2D eigenvalue weighted by molar-refractivity contribution is 5.86. The summed E-state index contributed by atoms with van der Waals surface area (Å²) in [5.41, 5.74) is 1.47. The minimum absolute atomic E-state index is 0.151. The lowest BCUT2D eigenvalue weighted by molar-refractivity contribution is -0.140. The number of methoxy groups -OCH3 is 2. The summed E-state index contributed by atoms with van der Waals surface area (Å²) in [6, 6.07) is 14.4. The van der Waals surface area contributed by atoms with E-state index in [4.69, 9.17) is 9.47 Å². The Hall–Kier alpha value is -3.02. The van der Waals surface area contributed by atoms with Crippen molar-refractivity contribution < 1.29 is 24.2 Å². The van der Waals surface area contributed by atoms with E-state index in [-0.39, 0.29) is 12.3 Å². The van der Waals surface area contributed by atoms with E-state index in [1.54, 1.807) is 31.4 Å². The molecule has 2 rings (SSSR count). The third-order valence-corrected chi connectivity index (χ3v) is 4.11. The normalized spacial score (nSPS) is 11.5. The van der Waals surface area contributed by atoms with Crippen LogP contribution in [0.5, 0.6) is 11.5 Å². The van der Waals surface area contributed by atoms with Gasteiger partial charge in [0.05, 0.1) is 20.1 Å². The van der Waals surface area contributed by atoms with E-state index < -0.39 is 11.9 Å². The van der Waals surface area contributed by atoms with E-state index >= 15 is 0 Å². The Morgan fingerprint density at radius 1 is 1.00 bits per heavy atom. The Morgan fingerprint density at radius 3 is 2.27 bits per heavy atom. The number of benzene rings is 2. The SMILES string of the molecule is COc1ccccc1CCNC(=O)CC(C(=O)O)c1ccccc1OC. The number of hydrogen-bond donors (Lipinski definition) is 2. The number of para-hydroxylation sites is 2. The summed E-state index contributed by atoms with van der Waals surface area (Å²) >= 11 is 0. The predicted octanol–water partition coefficient (Wildman–Crippen LogP) is 2.62. The van der Waals surface area contributed by atoms with Gasteiger partial charge in [-0.25, -0.2) is 0 Å². The molecule has 0 radical (unpaired) electrons. The van der Waals surface area contributed by atoms with Gasteiger partial charge >= 0.3 is 5.97 Å². The topological polar surface area (TPSA) is 84.9 Å². The zero-order chi connectivity index (χ0) is 18.9. The molecule has 0 bridgehead atoms. The molecule has 0 saturated heterocycles. The van der Waals surface area contributed by atoms with Crippen LogP contribution in [0.3, 0.4) is 0 Å². The second-order valence-electron chi connectivity index (χ2n) is 5.75. The highest BCUT2D eigenvalue weighted by atomic mass is 16.5. The van der Waals surface area contributed by atoms with Gasteiger partial charge < -0.3 is 19.9 Å². The average Bonchev–Trinajstić information content (AvgIpc) is 2.66. The molecule has 2 aromatic rings. The van der Waals surface area contributed by atoms with Crippen LogP contribution in [0.4, 0.5) is 0 Å². The summed E-state index contributed by atoms with van der Waals surface area (Å²) in [7, 11) is 3.08. The summed E-state index contributed by atoms with van der Waals surface area (Å²) < 4.78 is 10.5. The van der Waals surface area contributed by atoms with Crippen LogP contribution < -0.4 is 14.8 Å². The molecule has 0 heterocycles. The maximum atomic E-state index is 12.2. The van der Waals surface area contributed by atoms with Crippen LogP contribution in [0.2, 0.25) is 0 Å². The molecule has 0 saturated carbocycles. The standard InChI is InChI=1S/C20H23NO5/c1-25-17-9-5-3-7-14(17)11-12-21-19(22)13-16(20(23)24)15-8-4-6-10-18(15)26-2/h3-10,16H,11-13H2,1-2H3,(H,21,22)(H,23,24). The van der Waals surface area contributed by atoms with Gasteiger partial charge in [0, 0.05) is 18.5 Å². The number of carbonyl (C=O) groups excluding carboxylic acids is 1. The first kappa shape index (κ1) is 19.3. The highest BCUT2D eigenvalue weighted by Crippen LogP contribution is 2.29. The molecule has 0 fully saturated rings. The Kier molecular flexibility index (Phi) is 7.02. The number of carboxylic acid groups (broad SMARTS) is 1. The van der Waals surface area contributed by atoms with Crippen LogP contribution in [0, 0.1) is 0 Å². The van der Waals surface area contributed by atoms with Crippen molar-refractivity contribution >= 4 is 11.9 Å². The number of hydrogen-bond acceptors (Lipinski definition) is 4. The van der Waals surface area contributed by atoms with Crippen molar-refractivity contribution in [2.45, 2.75) is 18.8 Å². The number of carbonyl (C=O) groups is 2. The molecule has 0 spiro atoms. The van der Waals surface area contributed by atoms with Gasteiger partial charge in [0.25, 0.3) is 0 Å². The molecule has 138 valence electrons. The zero-order valence-corrected chi connectivity index (χ0v) is 14.9. The van der Waals surface area contributed by atoms with Crippen LogP contribution in [-0.4, -0.2) is 37.7 Å². The summed E-state index contributed by atoms with van der Waals surface area (Å²) in [6.07, 6.45) is 0.448. The van der Waals surface area contributed by atoms with E-state index in [9.17, 15) is 14.7 Å². The molecule has 2 N–H and O–H groups in total. The van der Waals surface area contributed by atoms with Crippen molar-refractivity contribution in [3.8, 4) is 11.5 Å². The smallest absolute Gasteiger partial charge is 0.311 e. The summed E-state index contributed by atoms with van der Waals surface area (Å²) in [5, 5.41) is 12.3. The molecule has 1 unspecified atom stereocenters. The number of ether oxygens (including phenoxy) is 2. The Morgan fingerprint density at radius 2 is 1.62 bits per heavy atom. The van der Waals surface area contributed by atoms with Crippen LogP contribution in [0.1, 0.15) is 23.5 Å². The van der Waals surface area contributed by atoms with Crippen LogP contribution >= 0.6 is 0 Å². The van der Waals surface area contributed by atoms with E-state index in [2.05, 4.69) is 5.32 Å². The van der Waals surface area contributed by atoms with E-state index in [1.165, 1.54) is 7.11 Å². The first-order valence-corrected chi connectivity index (χ1v) is 8.31. The van der Waals surface area contributed by atoms with Gasteiger partial charge in [0.2, 0.25) is 5.91 Å². The molecular formula is C20H23NO5. The van der Waals surface area contributed by atoms with Crippen molar-refractivity contribution in [3.05, 3.63) is 59.7 Å². The fraction of sp³-hybridized carbons (Fsp3) is 0.300. The van der Waals surface area contributed by atoms with Gasteiger partial charge in [-0.2, -0.15) is 0 Å². The minimum atomic E-state index is -1.06. The van der Waals surface area contributed by atoms with E-state index in [0.717, 1.165) is 11.3 Å². The second kappa shape index (κ2) is 9.46. The molecule has 0 aromatic heterocycles. The number of carboxylic acids is 1. The number of nitrogens with one attached hydrogen (secondary N) is 1. The lowest BCUT2D eigenvalue weighted by Crippen LogP contribution is -2.29. The van der Waals surface area contributed by atoms with Crippen LogP contribution in [-0.2, 0) is 16.0 Å². The van der Waals surface area contributed by atoms with Crippen LogP contribution in [0.25, 0.3) is 0 Å². The fourth-order valence-corrected chi connectivity index (χ4v) is 2.79. The Labute approximate surface area is 152 Å². The fourth-order valence-electron chi connectivity index (χ4n) is 2.79. The minimum Gasteiger partial charge on any atom is -0.496 e. The van der Waals surface area contributed by atoms with Gasteiger partial charge in [-0.05, 0) is 24.1 Å². The van der Waals surface area contributed by atoms with E-state index in [1.807, 2.05) is 24.3 Å². The quantitative estimate of drug-likeness (QED) is 0.721. The van der Waals surface area contributed by atoms with Crippen molar-refractivity contribution in [1.82, 2.24) is 5.32 Å². The molecule has 0 aliphatic heterocycles. The number of aliphatic carboxylic acids is 1. The van der Waals surface area contributed by atoms with E-state index in [0.29, 0.717) is 24.3 Å². The first-order chi connectivity index (χ1) is 12.6. The third-order valence-electron chi connectivity index (χ3n) is 4.11. The zero-order valence-electron chi connectivity index (χ0n) is 14.9. The molecule has 1 amide bonds. The molecule has 2 aromatic carbocycles. The monoisotopic (exact) mass is 357 g/mol. The van der Waals surface area contributed by atoms with Crippen molar-refractivity contribution in [2.24, 2.45) is 0 Å². The maximum Gasteiger partial charge on any atom is 0.311 e. The van der Waals surface area contributed by atoms with Gasteiger partial charge in [0.15, 0.2) is 0 Å². The largest absolute Gasteiger partial charge is 0.496 e. The predicted molar refractivity (Wildman–Crippen MR) is 97.7 cm³/mol. The highest BCUT2D eigenvalue weighted by Gasteiger charge is 2.26. The molecule has 1 atom stereocenters. The van der Waals surface area contributed by atoms with Gasteiger partial charge in [-0.1, -0.05) is 36.4 Å². The van der Waals surface area contributed by atoms with Crippen molar-refractivity contribution in [1.29, 1.82) is 0 Å². The second-order valence-corrected chi connectivity index (χ2v) is 5.75. The summed E-state index contributed by atoms with van der Waals surface area (Å²) in [5.74, 6) is -1.12. The molecular weight excluding hydrogens is 334 g/mol. The molecule has 0 aliphatic carbocycles. The average molecular weight is 357 g/mol. The number of amides is 1. The lowest BCUT2D eigenvalue weighted by atomic mass is 9.94. The maximum absolute atomic E-state index is 12.2. The van der Waals surface area contributed by atoms with Gasteiger partial charge in [0.1, 0.15) is 11.5 Å². The van der Waals surface area contributed by atoms with Crippen LogP contribution in [0.15, 0.2) is 48.5 Å². The lowest BCUT2D eigenvalue weighted by Gasteiger charge is -2.16. The molecule has 0 aliphatic rings. The molecule has 6 heteroatoms. The Bertz CT molecular complexity index is 759. The third kappa shape index (κ3) is 4.99. The van der Waals surface area contributed by atoms with Gasteiger partial charge in [-0.15, -0.1) is 0 Å². The summed E-state index contributed by atoms with van der Waals surface area (Å²) in [4.78, 5) is 23.9.